The Balaban J connectivity index is 1.19. The average molecular weight is 521 g/mol. The summed E-state index contributed by atoms with van der Waals surface area (Å²) in [5.74, 6) is 0.604. The number of piperazine rings is 1. The summed E-state index contributed by atoms with van der Waals surface area (Å²) in [5.41, 5.74) is 1.55. The van der Waals surface area contributed by atoms with Crippen LogP contribution in [0, 0.1) is 0 Å². The highest BCUT2D eigenvalue weighted by Gasteiger charge is 2.31. The molecule has 2 aliphatic rings. The number of benzene rings is 2. The highest BCUT2D eigenvalue weighted by Crippen LogP contribution is 2.31. The minimum Gasteiger partial charge on any atom is -0.489 e. The van der Waals surface area contributed by atoms with E-state index < -0.39 is 6.36 Å². The molecule has 2 N–H and O–H groups in total. The summed E-state index contributed by atoms with van der Waals surface area (Å²) < 4.78 is 46.7. The predicted molar refractivity (Wildman–Crippen MR) is 137 cm³/mol. The van der Waals surface area contributed by atoms with Crippen LogP contribution in [0.15, 0.2) is 48.5 Å². The van der Waals surface area contributed by atoms with Crippen molar-refractivity contribution >= 4 is 17.4 Å². The molecule has 1 aliphatic carbocycles. The van der Waals surface area contributed by atoms with Crippen LogP contribution in [-0.4, -0.2) is 61.7 Å². The van der Waals surface area contributed by atoms with E-state index in [1.807, 2.05) is 26.0 Å². The molecule has 4 rings (SSSR count). The lowest BCUT2D eigenvalue weighted by atomic mass is 9.90. The van der Waals surface area contributed by atoms with Crippen LogP contribution in [0.4, 0.5) is 29.3 Å². The second-order valence-corrected chi connectivity index (χ2v) is 9.83. The van der Waals surface area contributed by atoms with E-state index in [-0.39, 0.29) is 23.9 Å². The number of halogens is 3. The molecule has 1 aliphatic heterocycles. The molecule has 10 heteroatoms. The minimum atomic E-state index is -4.74. The fourth-order valence-corrected chi connectivity index (χ4v) is 5.08. The molecule has 2 aromatic carbocycles. The molecule has 2 amide bonds. The smallest absolute Gasteiger partial charge is 0.489 e. The van der Waals surface area contributed by atoms with Crippen molar-refractivity contribution in [1.82, 2.24) is 10.2 Å². The number of urea groups is 1. The van der Waals surface area contributed by atoms with Crippen LogP contribution in [0.3, 0.4) is 0 Å². The van der Waals surface area contributed by atoms with Crippen LogP contribution in [0.2, 0.25) is 0 Å². The molecule has 2 aromatic rings. The molecule has 0 aromatic heterocycles. The van der Waals surface area contributed by atoms with Gasteiger partial charge in [-0.2, -0.15) is 0 Å². The van der Waals surface area contributed by atoms with Gasteiger partial charge in [-0.15, -0.1) is 13.2 Å². The quantitative estimate of drug-likeness (QED) is 0.496. The molecule has 0 radical (unpaired) electrons. The third kappa shape index (κ3) is 7.92. The van der Waals surface area contributed by atoms with Crippen LogP contribution in [-0.2, 0) is 0 Å². The Kier molecular flexibility index (Phi) is 8.68. The lowest BCUT2D eigenvalue weighted by Gasteiger charge is -2.43. The first-order valence-corrected chi connectivity index (χ1v) is 12.8. The molecule has 37 heavy (non-hydrogen) atoms. The van der Waals surface area contributed by atoms with Gasteiger partial charge in [0.25, 0.3) is 0 Å². The SMILES string of the molecule is CC(C)Oc1ccccc1N1CCN(C2CCC(NC(=O)Nc3ccc(OC(F)(F)F)cc3)CC2)CC1. The van der Waals surface area contributed by atoms with E-state index in [4.69, 9.17) is 4.74 Å². The highest BCUT2D eigenvalue weighted by molar-refractivity contribution is 5.89. The fraction of sp³-hybridized carbons (Fsp3) is 0.519. The molecular formula is C27H35F3N4O3. The molecule has 7 nitrogen and oxygen atoms in total. The molecule has 1 heterocycles. The highest BCUT2D eigenvalue weighted by atomic mass is 19.4. The fourth-order valence-electron chi connectivity index (χ4n) is 5.08. The number of carbonyl (C=O) groups is 1. The Bertz CT molecular complexity index is 1020. The number of ether oxygens (including phenoxy) is 2. The van der Waals surface area contributed by atoms with Crippen molar-refractivity contribution in [2.45, 2.75) is 64.1 Å². The Labute approximate surface area is 215 Å². The summed E-state index contributed by atoms with van der Waals surface area (Å²) in [6, 6.07) is 13.5. The average Bonchev–Trinajstić information content (AvgIpc) is 2.85. The van der Waals surface area contributed by atoms with Crippen LogP contribution in [0.5, 0.6) is 11.5 Å². The molecule has 0 spiro atoms. The Morgan fingerprint density at radius 3 is 2.22 bits per heavy atom. The van der Waals surface area contributed by atoms with Gasteiger partial charge in [0, 0.05) is 44.0 Å². The third-order valence-electron chi connectivity index (χ3n) is 6.78. The summed E-state index contributed by atoms with van der Waals surface area (Å²) in [7, 11) is 0. The third-order valence-corrected chi connectivity index (χ3v) is 6.78. The maximum absolute atomic E-state index is 12.4. The van der Waals surface area contributed by atoms with E-state index in [0.717, 1.165) is 63.3 Å². The number of amides is 2. The van der Waals surface area contributed by atoms with Crippen LogP contribution >= 0.6 is 0 Å². The molecule has 0 unspecified atom stereocenters. The van der Waals surface area contributed by atoms with Gasteiger partial charge in [0.2, 0.25) is 0 Å². The number of hydrogen-bond acceptors (Lipinski definition) is 5. The molecular weight excluding hydrogens is 485 g/mol. The zero-order valence-electron chi connectivity index (χ0n) is 21.3. The van der Waals surface area contributed by atoms with Crippen molar-refractivity contribution in [2.75, 3.05) is 36.4 Å². The number of nitrogens with one attached hydrogen (secondary N) is 2. The van der Waals surface area contributed by atoms with Crippen molar-refractivity contribution in [1.29, 1.82) is 0 Å². The van der Waals surface area contributed by atoms with E-state index in [1.54, 1.807) is 0 Å². The maximum Gasteiger partial charge on any atom is 0.573 e. The number of alkyl halides is 3. The minimum absolute atomic E-state index is 0.0745. The van der Waals surface area contributed by atoms with Gasteiger partial charge in [0.05, 0.1) is 11.8 Å². The normalized spacial score (nSPS) is 21.0. The molecule has 202 valence electrons. The number of nitrogens with zero attached hydrogens (tertiary/aromatic N) is 2. The maximum atomic E-state index is 12.4. The van der Waals surface area contributed by atoms with Gasteiger partial charge in [-0.25, -0.2) is 4.79 Å². The van der Waals surface area contributed by atoms with Gasteiger partial charge in [-0.1, -0.05) is 12.1 Å². The van der Waals surface area contributed by atoms with E-state index >= 15 is 0 Å². The molecule has 1 saturated carbocycles. The van der Waals surface area contributed by atoms with Crippen LogP contribution < -0.4 is 25.0 Å². The van der Waals surface area contributed by atoms with E-state index in [9.17, 15) is 18.0 Å². The molecule has 2 fully saturated rings. The summed E-state index contributed by atoms with van der Waals surface area (Å²) in [6.45, 7) is 7.97. The van der Waals surface area contributed by atoms with E-state index in [1.165, 1.54) is 24.3 Å². The summed E-state index contributed by atoms with van der Waals surface area (Å²) in [6.07, 6.45) is -0.800. The topological polar surface area (TPSA) is 66.1 Å². The second-order valence-electron chi connectivity index (χ2n) is 9.83. The predicted octanol–water partition coefficient (Wildman–Crippen LogP) is 5.63. The first kappa shape index (κ1) is 26.9. The Hall–Kier alpha value is -3.14. The molecule has 1 saturated heterocycles. The standard InChI is InChI=1S/C27H35F3N4O3/c1-19(2)36-25-6-4-3-5-24(25)34-17-15-33(16-18-34)22-11-7-20(8-12-22)31-26(35)32-21-9-13-23(14-10-21)37-27(28,29)30/h3-6,9-10,13-14,19-20,22H,7-8,11-12,15-18H2,1-2H3,(H2,31,32,35). The van der Waals surface area contributed by atoms with Gasteiger partial charge >= 0.3 is 12.4 Å². The zero-order chi connectivity index (χ0) is 26.4. The number of carbonyl (C=O) groups excluding carboxylic acids is 1. The lowest BCUT2D eigenvalue weighted by molar-refractivity contribution is -0.274. The first-order valence-electron chi connectivity index (χ1n) is 12.8. The number of rotatable bonds is 7. The molecule has 0 atom stereocenters. The van der Waals surface area contributed by atoms with Gasteiger partial charge in [-0.3, -0.25) is 4.90 Å². The van der Waals surface area contributed by atoms with Gasteiger partial charge < -0.3 is 25.0 Å². The largest absolute Gasteiger partial charge is 0.573 e. The molecule has 0 bridgehead atoms. The van der Waals surface area contributed by atoms with E-state index in [0.29, 0.717) is 11.7 Å². The van der Waals surface area contributed by atoms with Crippen LogP contribution in [0.1, 0.15) is 39.5 Å². The zero-order valence-corrected chi connectivity index (χ0v) is 21.3. The van der Waals surface area contributed by atoms with Crippen LogP contribution in [0.25, 0.3) is 0 Å². The van der Waals surface area contributed by atoms with Gasteiger partial charge in [-0.05, 0) is 75.9 Å². The number of hydrogen-bond donors (Lipinski definition) is 2. The van der Waals surface area contributed by atoms with Gasteiger partial charge in [0.1, 0.15) is 11.5 Å². The van der Waals surface area contributed by atoms with Gasteiger partial charge in [0.15, 0.2) is 0 Å². The lowest BCUT2D eigenvalue weighted by Crippen LogP contribution is -2.52. The number of para-hydroxylation sites is 2. The number of anilines is 2. The van der Waals surface area contributed by atoms with Crippen molar-refractivity contribution in [3.05, 3.63) is 48.5 Å². The van der Waals surface area contributed by atoms with Crippen molar-refractivity contribution in [3.8, 4) is 11.5 Å². The summed E-state index contributed by atoms with van der Waals surface area (Å²) in [4.78, 5) is 17.3. The van der Waals surface area contributed by atoms with E-state index in [2.05, 4.69) is 37.3 Å². The Morgan fingerprint density at radius 1 is 0.946 bits per heavy atom. The first-order chi connectivity index (χ1) is 17.7. The summed E-state index contributed by atoms with van der Waals surface area (Å²) in [5, 5.41) is 5.67. The second kappa shape index (κ2) is 11.9. The van der Waals surface area contributed by atoms with Crippen molar-refractivity contribution in [2.24, 2.45) is 0 Å². The monoisotopic (exact) mass is 520 g/mol. The summed E-state index contributed by atoms with van der Waals surface area (Å²) >= 11 is 0. The van der Waals surface area contributed by atoms with Crippen molar-refractivity contribution < 1.29 is 27.4 Å². The Morgan fingerprint density at radius 2 is 1.59 bits per heavy atom. The van der Waals surface area contributed by atoms with Crippen molar-refractivity contribution in [3.63, 3.8) is 0 Å².